The third-order valence-electron chi connectivity index (χ3n) is 5.92. The molecule has 34 heavy (non-hydrogen) atoms. The summed E-state index contributed by atoms with van der Waals surface area (Å²) in [5.41, 5.74) is 0.205. The number of non-ortho nitro benzene ring substituents is 1. The van der Waals surface area contributed by atoms with Crippen LogP contribution in [-0.4, -0.2) is 28.1 Å². The fourth-order valence-electron chi connectivity index (χ4n) is 4.54. The maximum Gasteiger partial charge on any atom is 0.349 e. The van der Waals surface area contributed by atoms with E-state index in [2.05, 4.69) is 0 Å². The molecule has 0 saturated carbocycles. The number of nitro groups is 1. The predicted octanol–water partition coefficient (Wildman–Crippen LogP) is 4.55. The van der Waals surface area contributed by atoms with Gasteiger partial charge in [-0.1, -0.05) is 12.1 Å². The number of nitro benzene ring substituents is 1. The van der Waals surface area contributed by atoms with Gasteiger partial charge < -0.3 is 9.47 Å². The Balaban J connectivity index is 2.07. The highest BCUT2D eigenvalue weighted by Crippen LogP contribution is 2.41. The summed E-state index contributed by atoms with van der Waals surface area (Å²) in [6, 6.07) is 9.92. The summed E-state index contributed by atoms with van der Waals surface area (Å²) >= 11 is 0. The summed E-state index contributed by atoms with van der Waals surface area (Å²) in [4.78, 5) is 35.4. The zero-order valence-electron chi connectivity index (χ0n) is 19.5. The van der Waals surface area contributed by atoms with Gasteiger partial charge in [0.05, 0.1) is 4.92 Å². The number of cyclic esters (lactones) is 2. The minimum absolute atomic E-state index is 0.0518. The lowest BCUT2D eigenvalue weighted by Crippen LogP contribution is -2.35. The van der Waals surface area contributed by atoms with Gasteiger partial charge in [-0.2, -0.15) is 10.5 Å². The van der Waals surface area contributed by atoms with Gasteiger partial charge in [-0.3, -0.25) is 10.1 Å². The summed E-state index contributed by atoms with van der Waals surface area (Å²) in [5, 5.41) is 30.3. The molecule has 0 spiro atoms. The van der Waals surface area contributed by atoms with Crippen LogP contribution in [0.25, 0.3) is 0 Å². The minimum Gasteiger partial charge on any atom is -0.455 e. The van der Waals surface area contributed by atoms with E-state index in [1.54, 1.807) is 39.8 Å². The number of carbonyl (C=O) groups is 2. The van der Waals surface area contributed by atoms with Crippen molar-refractivity contribution in [2.24, 2.45) is 0 Å². The molecule has 2 heterocycles. The van der Waals surface area contributed by atoms with Gasteiger partial charge in [-0.05, 0) is 63.2 Å². The Kier molecular flexibility index (Phi) is 6.60. The molecule has 0 aliphatic carbocycles. The van der Waals surface area contributed by atoms with Crippen LogP contribution in [0.15, 0.2) is 46.6 Å². The second-order valence-corrected chi connectivity index (χ2v) is 9.79. The summed E-state index contributed by atoms with van der Waals surface area (Å²) in [6.45, 7) is 7.04. The van der Waals surface area contributed by atoms with Gasteiger partial charge in [-0.25, -0.2) is 9.59 Å². The largest absolute Gasteiger partial charge is 0.455 e. The molecule has 1 aromatic carbocycles. The van der Waals surface area contributed by atoms with Crippen molar-refractivity contribution in [3.63, 3.8) is 0 Å². The Hall–Kier alpha value is -3.98. The number of ether oxygens (including phenoxy) is 2. The molecule has 176 valence electrons. The van der Waals surface area contributed by atoms with Crippen LogP contribution in [0, 0.1) is 32.8 Å². The molecule has 0 atom stereocenters. The zero-order valence-corrected chi connectivity index (χ0v) is 19.5. The quantitative estimate of drug-likeness (QED) is 0.339. The molecule has 9 heteroatoms. The van der Waals surface area contributed by atoms with Gasteiger partial charge in [0.15, 0.2) is 0 Å². The first-order valence-electron chi connectivity index (χ1n) is 10.8. The van der Waals surface area contributed by atoms with E-state index >= 15 is 0 Å². The first-order chi connectivity index (χ1) is 15.9. The van der Waals surface area contributed by atoms with Gasteiger partial charge in [0.25, 0.3) is 5.69 Å². The number of carbonyl (C=O) groups excluding carboxylic acids is 2. The summed E-state index contributed by atoms with van der Waals surface area (Å²) in [6.07, 6.45) is 1.28. The van der Waals surface area contributed by atoms with Gasteiger partial charge in [-0.15, -0.1) is 0 Å². The van der Waals surface area contributed by atoms with Crippen LogP contribution < -0.4 is 0 Å². The monoisotopic (exact) mass is 463 g/mol. The average Bonchev–Trinajstić information content (AvgIpc) is 2.71. The molecule has 0 saturated heterocycles. The molecule has 0 radical (unpaired) electrons. The number of nitriles is 2. The minimum atomic E-state index is -0.791. The van der Waals surface area contributed by atoms with Crippen LogP contribution in [-0.2, 0) is 19.1 Å². The molecule has 2 aliphatic heterocycles. The van der Waals surface area contributed by atoms with Crippen LogP contribution in [0.5, 0.6) is 0 Å². The Morgan fingerprint density at radius 2 is 1.32 bits per heavy atom. The lowest BCUT2D eigenvalue weighted by Gasteiger charge is -2.34. The van der Waals surface area contributed by atoms with Crippen molar-refractivity contribution in [3.05, 3.63) is 62.2 Å². The molecular weight excluding hydrogens is 438 g/mol. The molecule has 0 fully saturated rings. The average molecular weight is 463 g/mol. The maximum absolute atomic E-state index is 12.4. The SMILES string of the molecule is CC1(C)CC(CC(CC2=C(C#N)C(=O)OC(C)(C)C2)c2ccc([N+](=O)[O-])cc2)=C(C#N)C(=O)O1. The molecule has 0 unspecified atom stereocenters. The van der Waals surface area contributed by atoms with Crippen molar-refractivity contribution >= 4 is 17.6 Å². The van der Waals surface area contributed by atoms with Gasteiger partial charge in [0.1, 0.15) is 34.5 Å². The second-order valence-electron chi connectivity index (χ2n) is 9.79. The van der Waals surface area contributed by atoms with E-state index < -0.39 is 28.1 Å². The predicted molar refractivity (Wildman–Crippen MR) is 120 cm³/mol. The van der Waals surface area contributed by atoms with Crippen molar-refractivity contribution in [2.75, 3.05) is 0 Å². The fraction of sp³-hybridized carbons (Fsp3) is 0.440. The first kappa shape index (κ1) is 24.7. The van der Waals surface area contributed by atoms with Gasteiger partial charge in [0, 0.05) is 25.0 Å². The van der Waals surface area contributed by atoms with Crippen molar-refractivity contribution < 1.29 is 24.0 Å². The molecule has 9 nitrogen and oxygen atoms in total. The van der Waals surface area contributed by atoms with E-state index in [0.29, 0.717) is 24.0 Å². The second kappa shape index (κ2) is 9.11. The molecule has 3 rings (SSSR count). The van der Waals surface area contributed by atoms with Crippen molar-refractivity contribution in [1.82, 2.24) is 0 Å². The summed E-state index contributed by atoms with van der Waals surface area (Å²) in [7, 11) is 0. The third-order valence-corrected chi connectivity index (χ3v) is 5.92. The lowest BCUT2D eigenvalue weighted by atomic mass is 9.78. The smallest absolute Gasteiger partial charge is 0.349 e. The maximum atomic E-state index is 12.4. The van der Waals surface area contributed by atoms with Crippen molar-refractivity contribution in [2.45, 2.75) is 70.5 Å². The highest BCUT2D eigenvalue weighted by atomic mass is 16.6. The van der Waals surface area contributed by atoms with E-state index in [0.717, 1.165) is 5.56 Å². The fourth-order valence-corrected chi connectivity index (χ4v) is 4.54. The number of hydrogen-bond acceptors (Lipinski definition) is 8. The highest BCUT2D eigenvalue weighted by Gasteiger charge is 2.38. The Labute approximate surface area is 197 Å². The molecule has 2 aliphatic rings. The highest BCUT2D eigenvalue weighted by molar-refractivity contribution is 5.95. The van der Waals surface area contributed by atoms with Gasteiger partial charge >= 0.3 is 11.9 Å². The van der Waals surface area contributed by atoms with E-state index in [-0.39, 0.29) is 35.6 Å². The molecular formula is C25H25N3O6. The molecule has 1 aromatic rings. The van der Waals surface area contributed by atoms with Crippen molar-refractivity contribution in [1.29, 1.82) is 10.5 Å². The van der Waals surface area contributed by atoms with Crippen LogP contribution >= 0.6 is 0 Å². The zero-order chi connectivity index (χ0) is 25.3. The number of benzene rings is 1. The van der Waals surface area contributed by atoms with E-state index in [9.17, 15) is 30.2 Å². The normalized spacial score (nSPS) is 19.3. The molecule has 0 N–H and O–H groups in total. The molecule has 0 bridgehead atoms. The van der Waals surface area contributed by atoms with Crippen LogP contribution in [0.2, 0.25) is 0 Å². The Morgan fingerprint density at radius 1 is 0.912 bits per heavy atom. The van der Waals surface area contributed by atoms with E-state index in [4.69, 9.17) is 9.47 Å². The summed E-state index contributed by atoms with van der Waals surface area (Å²) in [5.74, 6) is -1.72. The lowest BCUT2D eigenvalue weighted by molar-refractivity contribution is -0.384. The van der Waals surface area contributed by atoms with E-state index in [1.165, 1.54) is 12.1 Å². The summed E-state index contributed by atoms with van der Waals surface area (Å²) < 4.78 is 10.7. The Morgan fingerprint density at radius 3 is 1.68 bits per heavy atom. The molecule has 0 aromatic heterocycles. The molecule has 0 amide bonds. The number of hydrogen-bond donors (Lipinski definition) is 0. The van der Waals surface area contributed by atoms with Crippen LogP contribution in [0.3, 0.4) is 0 Å². The third kappa shape index (κ3) is 5.32. The van der Waals surface area contributed by atoms with E-state index in [1.807, 2.05) is 12.1 Å². The standard InChI is InChI=1S/C25H25N3O6/c1-24(2)11-17(20(13-26)22(29)33-24)9-16(15-5-7-19(8-6-15)28(31)32)10-18-12-25(3,4)34-23(30)21(18)14-27/h5-8,16H,9-12H2,1-4H3. The van der Waals surface area contributed by atoms with Crippen molar-refractivity contribution in [3.8, 4) is 12.1 Å². The first-order valence-corrected chi connectivity index (χ1v) is 10.8. The number of rotatable bonds is 6. The Bertz CT molecular complexity index is 1130. The van der Waals surface area contributed by atoms with Crippen LogP contribution in [0.4, 0.5) is 5.69 Å². The van der Waals surface area contributed by atoms with Crippen LogP contribution in [0.1, 0.15) is 64.9 Å². The van der Waals surface area contributed by atoms with Gasteiger partial charge in [0.2, 0.25) is 0 Å². The topological polar surface area (TPSA) is 143 Å². The number of esters is 2. The number of nitrogens with zero attached hydrogens (tertiary/aromatic N) is 3.